The zero-order valence-corrected chi connectivity index (χ0v) is 13.4. The van der Waals surface area contributed by atoms with Crippen molar-refractivity contribution in [1.29, 1.82) is 0 Å². The Balaban J connectivity index is 2.40. The molecule has 12 nitrogen and oxygen atoms in total. The Morgan fingerprint density at radius 1 is 1.42 bits per heavy atom. The molecule has 0 saturated carbocycles. The van der Waals surface area contributed by atoms with E-state index in [0.29, 0.717) is 0 Å². The SMILES string of the molecule is C[C@@H](NC(=O)CC[C@@H](N)C(=O)O)C(=O)N[C@H]1CN(S(=O)(=O)O)C1=O. The number of nitrogens with one attached hydrogen (secondary N) is 2. The lowest BCUT2D eigenvalue weighted by atomic mass is 10.1. The quantitative estimate of drug-likeness (QED) is 0.217. The first-order valence-electron chi connectivity index (χ1n) is 6.80. The molecule has 0 bridgehead atoms. The van der Waals surface area contributed by atoms with Crippen molar-refractivity contribution in [3.8, 4) is 0 Å². The number of carboxylic acids is 1. The number of amides is 3. The normalized spacial score (nSPS) is 19.9. The standard InChI is InChI=1S/C11H18N4O8S/c1-5(13-8(16)3-2-6(12)11(19)20)9(17)14-7-4-15(10(7)18)24(21,22)23/h5-7H,2-4,12H2,1H3,(H,13,16)(H,14,17)(H,19,20)(H,21,22,23)/t5-,6-,7+/m1/s1. The molecule has 1 heterocycles. The molecular weight excluding hydrogens is 348 g/mol. The lowest BCUT2D eigenvalue weighted by Gasteiger charge is -2.35. The van der Waals surface area contributed by atoms with Gasteiger partial charge in [0.15, 0.2) is 0 Å². The third kappa shape index (κ3) is 5.14. The van der Waals surface area contributed by atoms with Gasteiger partial charge in [0, 0.05) is 6.42 Å². The van der Waals surface area contributed by atoms with Crippen molar-refractivity contribution in [2.24, 2.45) is 5.73 Å². The zero-order chi connectivity index (χ0) is 18.7. The number of hydrogen-bond donors (Lipinski definition) is 5. The van der Waals surface area contributed by atoms with E-state index in [1.54, 1.807) is 0 Å². The number of rotatable bonds is 8. The molecule has 0 aromatic heterocycles. The molecule has 0 aromatic carbocycles. The van der Waals surface area contributed by atoms with Crippen LogP contribution in [0.1, 0.15) is 19.8 Å². The first-order chi connectivity index (χ1) is 10.9. The average molecular weight is 366 g/mol. The van der Waals surface area contributed by atoms with Crippen LogP contribution in [0.4, 0.5) is 0 Å². The van der Waals surface area contributed by atoms with E-state index in [4.69, 9.17) is 15.4 Å². The summed E-state index contributed by atoms with van der Waals surface area (Å²) in [7, 11) is -4.64. The van der Waals surface area contributed by atoms with Gasteiger partial charge in [0.25, 0.3) is 5.91 Å². The predicted molar refractivity (Wildman–Crippen MR) is 77.6 cm³/mol. The van der Waals surface area contributed by atoms with E-state index >= 15 is 0 Å². The highest BCUT2D eigenvalue weighted by Gasteiger charge is 2.44. The highest BCUT2D eigenvalue weighted by Crippen LogP contribution is 2.14. The molecule has 6 N–H and O–H groups in total. The number of nitrogens with two attached hydrogens (primary N) is 1. The molecule has 136 valence electrons. The minimum absolute atomic E-state index is 0.111. The second-order valence-electron chi connectivity index (χ2n) is 5.18. The van der Waals surface area contributed by atoms with Crippen LogP contribution >= 0.6 is 0 Å². The minimum Gasteiger partial charge on any atom is -0.480 e. The highest BCUT2D eigenvalue weighted by atomic mass is 32.2. The molecule has 13 heteroatoms. The van der Waals surface area contributed by atoms with Gasteiger partial charge < -0.3 is 21.5 Å². The monoisotopic (exact) mass is 366 g/mol. The van der Waals surface area contributed by atoms with Crippen LogP contribution in [0.25, 0.3) is 0 Å². The second-order valence-corrected chi connectivity index (χ2v) is 6.52. The molecular formula is C11H18N4O8S. The zero-order valence-electron chi connectivity index (χ0n) is 12.6. The smallest absolute Gasteiger partial charge is 0.362 e. The first kappa shape index (κ1) is 19.8. The van der Waals surface area contributed by atoms with Crippen molar-refractivity contribution >= 4 is 34.0 Å². The van der Waals surface area contributed by atoms with Crippen LogP contribution in [-0.2, 0) is 29.5 Å². The topological polar surface area (TPSA) is 196 Å². The van der Waals surface area contributed by atoms with Gasteiger partial charge in [-0.15, -0.1) is 0 Å². The molecule has 1 aliphatic heterocycles. The largest absolute Gasteiger partial charge is 0.480 e. The van der Waals surface area contributed by atoms with Gasteiger partial charge in [-0.05, 0) is 13.3 Å². The summed E-state index contributed by atoms with van der Waals surface area (Å²) in [5, 5.41) is 13.1. The van der Waals surface area contributed by atoms with Crippen molar-refractivity contribution in [2.45, 2.75) is 37.9 Å². The summed E-state index contributed by atoms with van der Waals surface area (Å²) in [6.45, 7) is 0.922. The van der Waals surface area contributed by atoms with Gasteiger partial charge in [-0.1, -0.05) is 0 Å². The Morgan fingerprint density at radius 3 is 2.46 bits per heavy atom. The van der Waals surface area contributed by atoms with Gasteiger partial charge in [-0.3, -0.25) is 23.7 Å². The molecule has 0 radical (unpaired) electrons. The van der Waals surface area contributed by atoms with Crippen LogP contribution in [0, 0.1) is 0 Å². The maximum absolute atomic E-state index is 11.8. The summed E-state index contributed by atoms with van der Waals surface area (Å²) in [5.41, 5.74) is 5.24. The molecule has 1 saturated heterocycles. The van der Waals surface area contributed by atoms with Crippen LogP contribution in [0.2, 0.25) is 0 Å². The van der Waals surface area contributed by atoms with Crippen molar-refractivity contribution in [2.75, 3.05) is 6.54 Å². The Bertz CT molecular complexity index is 648. The summed E-state index contributed by atoms with van der Waals surface area (Å²) in [5.74, 6) is -3.58. The molecule has 0 unspecified atom stereocenters. The van der Waals surface area contributed by atoms with Crippen molar-refractivity contribution < 1.29 is 37.3 Å². The van der Waals surface area contributed by atoms with E-state index < -0.39 is 58.7 Å². The molecule has 1 fully saturated rings. The van der Waals surface area contributed by atoms with E-state index in [1.165, 1.54) is 6.92 Å². The van der Waals surface area contributed by atoms with Gasteiger partial charge >= 0.3 is 16.3 Å². The highest BCUT2D eigenvalue weighted by molar-refractivity contribution is 7.84. The number of hydrogen-bond acceptors (Lipinski definition) is 7. The van der Waals surface area contributed by atoms with Gasteiger partial charge in [-0.2, -0.15) is 8.42 Å². The first-order valence-corrected chi connectivity index (χ1v) is 8.20. The van der Waals surface area contributed by atoms with Crippen LogP contribution in [-0.4, -0.2) is 70.7 Å². The van der Waals surface area contributed by atoms with Crippen LogP contribution in [0.3, 0.4) is 0 Å². The molecule has 0 aromatic rings. The van der Waals surface area contributed by atoms with E-state index in [2.05, 4.69) is 10.6 Å². The van der Waals surface area contributed by atoms with Crippen LogP contribution in [0.15, 0.2) is 0 Å². The minimum atomic E-state index is -4.64. The Labute approximate surface area is 137 Å². The fourth-order valence-corrected chi connectivity index (χ4v) is 2.49. The number of carbonyl (C=O) groups excluding carboxylic acids is 3. The lowest BCUT2D eigenvalue weighted by Crippen LogP contribution is -2.66. The van der Waals surface area contributed by atoms with Crippen molar-refractivity contribution in [3.05, 3.63) is 0 Å². The fraction of sp³-hybridized carbons (Fsp3) is 0.636. The molecule has 3 amide bonds. The summed E-state index contributed by atoms with van der Waals surface area (Å²) in [6.07, 6.45) is -0.316. The Kier molecular flexibility index (Phi) is 6.22. The summed E-state index contributed by atoms with van der Waals surface area (Å²) in [6, 6.07) is -3.34. The Hall–Kier alpha value is -2.25. The lowest BCUT2D eigenvalue weighted by molar-refractivity contribution is -0.141. The van der Waals surface area contributed by atoms with Crippen molar-refractivity contribution in [1.82, 2.24) is 14.9 Å². The van der Waals surface area contributed by atoms with E-state index in [0.717, 1.165) is 0 Å². The summed E-state index contributed by atoms with van der Waals surface area (Å²) in [4.78, 5) is 45.3. The van der Waals surface area contributed by atoms with E-state index in [9.17, 15) is 27.6 Å². The van der Waals surface area contributed by atoms with Gasteiger partial charge in [0.2, 0.25) is 11.8 Å². The second kappa shape index (κ2) is 7.55. The van der Waals surface area contributed by atoms with Crippen molar-refractivity contribution in [3.63, 3.8) is 0 Å². The molecule has 1 rings (SSSR count). The summed E-state index contributed by atoms with van der Waals surface area (Å²) >= 11 is 0. The number of aliphatic carboxylic acids is 1. The fourth-order valence-electron chi connectivity index (χ4n) is 1.80. The number of β-lactam (4-membered cyclic amide) rings is 1. The van der Waals surface area contributed by atoms with Gasteiger partial charge in [0.1, 0.15) is 18.1 Å². The molecule has 24 heavy (non-hydrogen) atoms. The average Bonchev–Trinajstić information content (AvgIpc) is 2.46. The number of carboxylic acid groups (broad SMARTS) is 1. The van der Waals surface area contributed by atoms with Crippen LogP contribution in [0.5, 0.6) is 0 Å². The summed E-state index contributed by atoms with van der Waals surface area (Å²) < 4.78 is 30.4. The third-order valence-electron chi connectivity index (χ3n) is 3.26. The van der Waals surface area contributed by atoms with Crippen LogP contribution < -0.4 is 16.4 Å². The molecule has 1 aliphatic rings. The molecule has 0 aliphatic carbocycles. The van der Waals surface area contributed by atoms with E-state index in [-0.39, 0.29) is 17.1 Å². The molecule has 0 spiro atoms. The van der Waals surface area contributed by atoms with Gasteiger partial charge in [0.05, 0.1) is 6.54 Å². The maximum Gasteiger partial charge on any atom is 0.362 e. The third-order valence-corrected chi connectivity index (χ3v) is 4.14. The Morgan fingerprint density at radius 2 is 2.00 bits per heavy atom. The van der Waals surface area contributed by atoms with Gasteiger partial charge in [-0.25, -0.2) is 4.31 Å². The predicted octanol–water partition coefficient (Wildman–Crippen LogP) is -3.19. The van der Waals surface area contributed by atoms with E-state index in [1.807, 2.05) is 0 Å². The number of nitrogens with zero attached hydrogens (tertiary/aromatic N) is 1. The molecule has 3 atom stereocenters. The maximum atomic E-state index is 11.8. The number of carbonyl (C=O) groups is 4.